The normalized spacial score (nSPS) is 11.6. The molecular formula is C23H23FN4O3. The number of benzene rings is 2. The molecule has 0 radical (unpaired) electrons. The summed E-state index contributed by atoms with van der Waals surface area (Å²) < 4.78 is 15.6. The second kappa shape index (κ2) is 9.34. The first kappa shape index (κ1) is 21.9. The van der Waals surface area contributed by atoms with E-state index in [1.54, 1.807) is 6.92 Å². The summed E-state index contributed by atoms with van der Waals surface area (Å²) in [5.41, 5.74) is 1.01. The molecule has 0 saturated carbocycles. The molecule has 0 aliphatic carbocycles. The van der Waals surface area contributed by atoms with Crippen molar-refractivity contribution < 1.29 is 14.0 Å². The van der Waals surface area contributed by atoms with Crippen molar-refractivity contribution in [2.24, 2.45) is 0 Å². The first-order chi connectivity index (χ1) is 14.8. The van der Waals surface area contributed by atoms with Gasteiger partial charge in [0.1, 0.15) is 11.5 Å². The molecule has 0 saturated heterocycles. The molecule has 0 spiro atoms. The maximum Gasteiger partial charge on any atom is 0.276 e. The van der Waals surface area contributed by atoms with Gasteiger partial charge in [-0.1, -0.05) is 30.3 Å². The number of nitrogens with one attached hydrogen (secondary N) is 2. The highest BCUT2D eigenvalue weighted by molar-refractivity contribution is 6.04. The van der Waals surface area contributed by atoms with E-state index < -0.39 is 17.6 Å². The molecular weight excluding hydrogens is 399 g/mol. The molecule has 2 amide bonds. The lowest BCUT2D eigenvalue weighted by Crippen LogP contribution is -2.27. The SMILES string of the molecule is CCn1nc(C(=O)Nc2cc(C(=O)NC(C)c3ccccc3)cc(F)c2C)ccc1=O. The van der Waals surface area contributed by atoms with Crippen LogP contribution in [-0.2, 0) is 6.54 Å². The van der Waals surface area contributed by atoms with Gasteiger partial charge in [-0.05, 0) is 44.5 Å². The summed E-state index contributed by atoms with van der Waals surface area (Å²) in [6.45, 7) is 5.37. The highest BCUT2D eigenvalue weighted by Gasteiger charge is 2.18. The summed E-state index contributed by atoms with van der Waals surface area (Å²) in [6.07, 6.45) is 0. The van der Waals surface area contributed by atoms with Crippen molar-refractivity contribution in [3.05, 3.63) is 93.2 Å². The van der Waals surface area contributed by atoms with Gasteiger partial charge in [0.25, 0.3) is 17.4 Å². The lowest BCUT2D eigenvalue weighted by Gasteiger charge is -2.16. The number of anilines is 1. The Morgan fingerprint density at radius 2 is 1.81 bits per heavy atom. The van der Waals surface area contributed by atoms with E-state index in [1.165, 1.54) is 25.1 Å². The number of aryl methyl sites for hydroxylation is 1. The van der Waals surface area contributed by atoms with E-state index >= 15 is 0 Å². The van der Waals surface area contributed by atoms with Gasteiger partial charge in [-0.15, -0.1) is 0 Å². The number of hydrogen-bond donors (Lipinski definition) is 2. The number of halogens is 1. The first-order valence-electron chi connectivity index (χ1n) is 9.85. The molecule has 0 fully saturated rings. The van der Waals surface area contributed by atoms with Crippen LogP contribution in [0.15, 0.2) is 59.4 Å². The Morgan fingerprint density at radius 1 is 1.10 bits per heavy atom. The van der Waals surface area contributed by atoms with Gasteiger partial charge in [0.05, 0.1) is 6.04 Å². The molecule has 8 heteroatoms. The third-order valence-electron chi connectivity index (χ3n) is 4.90. The average molecular weight is 422 g/mol. The highest BCUT2D eigenvalue weighted by atomic mass is 19.1. The van der Waals surface area contributed by atoms with Crippen molar-refractivity contribution in [3.63, 3.8) is 0 Å². The highest BCUT2D eigenvalue weighted by Crippen LogP contribution is 2.22. The van der Waals surface area contributed by atoms with Crippen LogP contribution in [0.1, 0.15) is 51.9 Å². The fourth-order valence-electron chi connectivity index (χ4n) is 3.03. The summed E-state index contributed by atoms with van der Waals surface area (Å²) in [4.78, 5) is 36.9. The van der Waals surface area contributed by atoms with Gasteiger partial charge in [0, 0.05) is 29.4 Å². The summed E-state index contributed by atoms with van der Waals surface area (Å²) in [6, 6.07) is 14.2. The van der Waals surface area contributed by atoms with Crippen LogP contribution in [0.5, 0.6) is 0 Å². The molecule has 3 aromatic rings. The standard InChI is InChI=1S/C23H23FN4O3/c1-4-28-21(29)11-10-19(27-28)23(31)26-20-13-17(12-18(24)14(20)2)22(30)25-15(3)16-8-6-5-7-9-16/h5-13,15H,4H2,1-3H3,(H,25,30)(H,26,31). The lowest BCUT2D eigenvalue weighted by molar-refractivity contribution is 0.0938. The topological polar surface area (TPSA) is 93.1 Å². The van der Waals surface area contributed by atoms with Crippen LogP contribution >= 0.6 is 0 Å². The number of rotatable bonds is 6. The van der Waals surface area contributed by atoms with Gasteiger partial charge in [-0.25, -0.2) is 9.07 Å². The molecule has 1 atom stereocenters. The number of carbonyl (C=O) groups is 2. The smallest absolute Gasteiger partial charge is 0.276 e. The predicted molar refractivity (Wildman–Crippen MR) is 116 cm³/mol. The average Bonchev–Trinajstić information content (AvgIpc) is 2.77. The van der Waals surface area contributed by atoms with Gasteiger partial charge in [-0.3, -0.25) is 14.4 Å². The fourth-order valence-corrected chi connectivity index (χ4v) is 3.03. The van der Waals surface area contributed by atoms with Crippen molar-refractivity contribution in [3.8, 4) is 0 Å². The van der Waals surface area contributed by atoms with Gasteiger partial charge in [-0.2, -0.15) is 5.10 Å². The Labute approximate surface area is 178 Å². The predicted octanol–water partition coefficient (Wildman–Crippen LogP) is 3.45. The van der Waals surface area contributed by atoms with Crippen molar-refractivity contribution in [1.29, 1.82) is 0 Å². The number of carbonyl (C=O) groups excluding carboxylic acids is 2. The Bertz CT molecular complexity index is 1180. The monoisotopic (exact) mass is 422 g/mol. The maximum absolute atomic E-state index is 14.5. The first-order valence-corrected chi connectivity index (χ1v) is 9.85. The lowest BCUT2D eigenvalue weighted by atomic mass is 10.1. The molecule has 7 nitrogen and oxygen atoms in total. The third-order valence-corrected chi connectivity index (χ3v) is 4.90. The van der Waals surface area contributed by atoms with E-state index in [4.69, 9.17) is 0 Å². The zero-order chi connectivity index (χ0) is 22.5. The molecule has 0 aliphatic rings. The second-order valence-corrected chi connectivity index (χ2v) is 7.06. The zero-order valence-electron chi connectivity index (χ0n) is 17.5. The summed E-state index contributed by atoms with van der Waals surface area (Å²) >= 11 is 0. The van der Waals surface area contributed by atoms with Crippen molar-refractivity contribution >= 4 is 17.5 Å². The Morgan fingerprint density at radius 3 is 2.48 bits per heavy atom. The fraction of sp³-hybridized carbons (Fsp3) is 0.217. The minimum atomic E-state index is -0.623. The van der Waals surface area contributed by atoms with Crippen LogP contribution < -0.4 is 16.2 Å². The maximum atomic E-state index is 14.5. The second-order valence-electron chi connectivity index (χ2n) is 7.06. The summed E-state index contributed by atoms with van der Waals surface area (Å²) in [7, 11) is 0. The largest absolute Gasteiger partial charge is 0.346 e. The van der Waals surface area contributed by atoms with E-state index in [-0.39, 0.29) is 34.1 Å². The zero-order valence-corrected chi connectivity index (χ0v) is 17.5. The van der Waals surface area contributed by atoms with E-state index in [0.717, 1.165) is 16.3 Å². The van der Waals surface area contributed by atoms with Crippen LogP contribution in [0.3, 0.4) is 0 Å². The van der Waals surface area contributed by atoms with Gasteiger partial charge in [0.15, 0.2) is 0 Å². The molecule has 31 heavy (non-hydrogen) atoms. The Hall–Kier alpha value is -3.81. The van der Waals surface area contributed by atoms with Gasteiger partial charge >= 0.3 is 0 Å². The number of hydrogen-bond acceptors (Lipinski definition) is 4. The molecule has 160 valence electrons. The Kier molecular flexibility index (Phi) is 6.59. The summed E-state index contributed by atoms with van der Waals surface area (Å²) in [5.74, 6) is -1.70. The third kappa shape index (κ3) is 5.03. The van der Waals surface area contributed by atoms with Crippen molar-refractivity contribution in [2.75, 3.05) is 5.32 Å². The molecule has 0 bridgehead atoms. The Balaban J connectivity index is 1.83. The molecule has 2 N–H and O–H groups in total. The molecule has 1 aromatic heterocycles. The van der Waals surface area contributed by atoms with Gasteiger partial charge < -0.3 is 10.6 Å². The van der Waals surface area contributed by atoms with Crippen molar-refractivity contribution in [1.82, 2.24) is 15.1 Å². The van der Waals surface area contributed by atoms with Gasteiger partial charge in [0.2, 0.25) is 0 Å². The minimum absolute atomic E-state index is 0.00816. The van der Waals surface area contributed by atoms with E-state index in [1.807, 2.05) is 37.3 Å². The van der Waals surface area contributed by atoms with Crippen molar-refractivity contribution in [2.45, 2.75) is 33.4 Å². The summed E-state index contributed by atoms with van der Waals surface area (Å²) in [5, 5.41) is 9.39. The number of aromatic nitrogens is 2. The number of amides is 2. The van der Waals surface area contributed by atoms with E-state index in [0.29, 0.717) is 6.54 Å². The van der Waals surface area contributed by atoms with Crippen LogP contribution in [-0.4, -0.2) is 21.6 Å². The molecule has 1 heterocycles. The van der Waals surface area contributed by atoms with Crippen LogP contribution in [0, 0.1) is 12.7 Å². The molecule has 1 unspecified atom stereocenters. The molecule has 2 aromatic carbocycles. The van der Waals surface area contributed by atoms with E-state index in [2.05, 4.69) is 15.7 Å². The number of nitrogens with zero attached hydrogens (tertiary/aromatic N) is 2. The quantitative estimate of drug-likeness (QED) is 0.636. The minimum Gasteiger partial charge on any atom is -0.346 e. The van der Waals surface area contributed by atoms with E-state index in [9.17, 15) is 18.8 Å². The molecule has 3 rings (SSSR count). The van der Waals surface area contributed by atoms with Crippen LogP contribution in [0.25, 0.3) is 0 Å². The van der Waals surface area contributed by atoms with Crippen LogP contribution in [0.2, 0.25) is 0 Å². The van der Waals surface area contributed by atoms with Crippen LogP contribution in [0.4, 0.5) is 10.1 Å². The molecule has 0 aliphatic heterocycles.